The minimum absolute atomic E-state index is 0.0761. The Bertz CT molecular complexity index is 777. The normalized spacial score (nSPS) is 16.0. The standard InChI is InChI=1S/C24H31NO3/c1-18(2)13-16-28-23(27)25-21-11-9-19(10-12-21)24(14-4-3-5-15-24)20-7-6-8-22(26)17-20/h6-12,17-18,26H,3-5,13-16H2,1-2H3,(H,25,27). The summed E-state index contributed by atoms with van der Waals surface area (Å²) in [4.78, 5) is 11.9. The van der Waals surface area contributed by atoms with Crippen molar-refractivity contribution in [2.75, 3.05) is 11.9 Å². The van der Waals surface area contributed by atoms with E-state index in [1.165, 1.54) is 30.4 Å². The van der Waals surface area contributed by atoms with Crippen LogP contribution in [0.1, 0.15) is 63.5 Å². The molecule has 0 aliphatic heterocycles. The molecule has 0 radical (unpaired) electrons. The van der Waals surface area contributed by atoms with Crippen LogP contribution >= 0.6 is 0 Å². The monoisotopic (exact) mass is 381 g/mol. The highest BCUT2D eigenvalue weighted by atomic mass is 16.5. The molecular weight excluding hydrogens is 350 g/mol. The van der Waals surface area contributed by atoms with Crippen molar-refractivity contribution >= 4 is 11.8 Å². The molecule has 3 rings (SSSR count). The summed E-state index contributed by atoms with van der Waals surface area (Å²) < 4.78 is 5.23. The Hall–Kier alpha value is -2.49. The summed E-state index contributed by atoms with van der Waals surface area (Å²) in [6, 6.07) is 15.7. The van der Waals surface area contributed by atoms with E-state index in [0.29, 0.717) is 18.3 Å². The van der Waals surface area contributed by atoms with Gasteiger partial charge < -0.3 is 9.84 Å². The fraction of sp³-hybridized carbons (Fsp3) is 0.458. The van der Waals surface area contributed by atoms with Crippen molar-refractivity contribution in [1.82, 2.24) is 0 Å². The lowest BCUT2D eigenvalue weighted by Gasteiger charge is -2.38. The largest absolute Gasteiger partial charge is 0.508 e. The topological polar surface area (TPSA) is 58.6 Å². The predicted octanol–water partition coefficient (Wildman–Crippen LogP) is 6.24. The summed E-state index contributed by atoms with van der Waals surface area (Å²) in [6.07, 6.45) is 6.20. The number of phenols is 1. The number of carbonyl (C=O) groups excluding carboxylic acids is 1. The third kappa shape index (κ3) is 4.86. The van der Waals surface area contributed by atoms with Gasteiger partial charge in [0.2, 0.25) is 0 Å². The molecule has 1 fully saturated rings. The molecule has 1 saturated carbocycles. The highest BCUT2D eigenvalue weighted by Gasteiger charge is 2.35. The Morgan fingerprint density at radius 2 is 1.79 bits per heavy atom. The Labute approximate surface area is 167 Å². The van der Waals surface area contributed by atoms with Crippen LogP contribution < -0.4 is 5.32 Å². The lowest BCUT2D eigenvalue weighted by Crippen LogP contribution is -2.30. The van der Waals surface area contributed by atoms with Gasteiger partial charge in [-0.05, 0) is 60.6 Å². The molecule has 2 N–H and O–H groups in total. The molecule has 0 heterocycles. The second-order valence-electron chi connectivity index (χ2n) is 8.21. The third-order valence-electron chi connectivity index (χ3n) is 5.72. The summed E-state index contributed by atoms with van der Waals surface area (Å²) in [5.41, 5.74) is 3.06. The molecule has 0 aromatic heterocycles. The molecule has 0 bridgehead atoms. The van der Waals surface area contributed by atoms with E-state index in [9.17, 15) is 9.90 Å². The molecule has 4 nitrogen and oxygen atoms in total. The van der Waals surface area contributed by atoms with Crippen molar-refractivity contribution in [3.05, 3.63) is 59.7 Å². The number of nitrogens with one attached hydrogen (secondary N) is 1. The molecule has 1 amide bonds. The molecule has 2 aromatic rings. The van der Waals surface area contributed by atoms with E-state index in [4.69, 9.17) is 4.74 Å². The number of carbonyl (C=O) groups is 1. The molecule has 4 heteroatoms. The minimum Gasteiger partial charge on any atom is -0.508 e. The van der Waals surface area contributed by atoms with Gasteiger partial charge in [-0.2, -0.15) is 0 Å². The van der Waals surface area contributed by atoms with Crippen molar-refractivity contribution in [3.63, 3.8) is 0 Å². The number of hydrogen-bond donors (Lipinski definition) is 2. The molecular formula is C24H31NO3. The maximum atomic E-state index is 11.9. The zero-order chi connectivity index (χ0) is 20.0. The van der Waals surface area contributed by atoms with Crippen molar-refractivity contribution in [2.24, 2.45) is 5.92 Å². The van der Waals surface area contributed by atoms with Crippen LogP contribution in [0.5, 0.6) is 5.75 Å². The summed E-state index contributed by atoms with van der Waals surface area (Å²) in [5, 5.41) is 12.8. The smallest absolute Gasteiger partial charge is 0.411 e. The highest BCUT2D eigenvalue weighted by molar-refractivity contribution is 5.84. The zero-order valence-electron chi connectivity index (χ0n) is 16.9. The number of ether oxygens (including phenoxy) is 1. The number of benzene rings is 2. The molecule has 0 saturated heterocycles. The van der Waals surface area contributed by atoms with Gasteiger partial charge in [0.15, 0.2) is 0 Å². The van der Waals surface area contributed by atoms with Crippen molar-refractivity contribution in [2.45, 2.75) is 57.8 Å². The first-order valence-corrected chi connectivity index (χ1v) is 10.3. The van der Waals surface area contributed by atoms with Gasteiger partial charge in [0.1, 0.15) is 5.75 Å². The third-order valence-corrected chi connectivity index (χ3v) is 5.72. The SMILES string of the molecule is CC(C)CCOC(=O)Nc1ccc(C2(c3cccc(O)c3)CCCCC2)cc1. The Balaban J connectivity index is 1.75. The van der Waals surface area contributed by atoms with Gasteiger partial charge >= 0.3 is 6.09 Å². The summed E-state index contributed by atoms with van der Waals surface area (Å²) in [6.45, 7) is 4.64. The fourth-order valence-electron chi connectivity index (χ4n) is 4.12. The van der Waals surface area contributed by atoms with Crippen molar-refractivity contribution in [3.8, 4) is 5.75 Å². The lowest BCUT2D eigenvalue weighted by atomic mass is 9.65. The molecule has 150 valence electrons. The van der Waals surface area contributed by atoms with Gasteiger partial charge in [-0.1, -0.05) is 57.4 Å². The van der Waals surface area contributed by atoms with E-state index in [2.05, 4.69) is 37.4 Å². The van der Waals surface area contributed by atoms with Crippen LogP contribution in [0.3, 0.4) is 0 Å². The number of amides is 1. The highest BCUT2D eigenvalue weighted by Crippen LogP contribution is 2.45. The van der Waals surface area contributed by atoms with Crippen LogP contribution in [0, 0.1) is 5.92 Å². The van der Waals surface area contributed by atoms with E-state index in [1.807, 2.05) is 24.3 Å². The minimum atomic E-state index is -0.409. The average Bonchev–Trinajstić information content (AvgIpc) is 2.69. The first-order chi connectivity index (χ1) is 13.5. The van der Waals surface area contributed by atoms with E-state index in [-0.39, 0.29) is 5.41 Å². The summed E-state index contributed by atoms with van der Waals surface area (Å²) in [5.74, 6) is 0.820. The first kappa shape index (κ1) is 20.2. The van der Waals surface area contributed by atoms with Crippen LogP contribution in [0.4, 0.5) is 10.5 Å². The number of hydrogen-bond acceptors (Lipinski definition) is 3. The summed E-state index contributed by atoms with van der Waals surface area (Å²) in [7, 11) is 0. The lowest BCUT2D eigenvalue weighted by molar-refractivity contribution is 0.155. The van der Waals surface area contributed by atoms with Crippen molar-refractivity contribution in [1.29, 1.82) is 0 Å². The molecule has 0 atom stereocenters. The second-order valence-corrected chi connectivity index (χ2v) is 8.21. The molecule has 2 aromatic carbocycles. The fourth-order valence-corrected chi connectivity index (χ4v) is 4.12. The van der Waals surface area contributed by atoms with E-state index < -0.39 is 6.09 Å². The van der Waals surface area contributed by atoms with E-state index >= 15 is 0 Å². The molecule has 1 aliphatic carbocycles. The van der Waals surface area contributed by atoms with Crippen LogP contribution in [0.15, 0.2) is 48.5 Å². The number of aromatic hydroxyl groups is 1. The number of rotatable bonds is 6. The molecule has 1 aliphatic rings. The van der Waals surface area contributed by atoms with E-state index in [1.54, 1.807) is 6.07 Å². The number of phenolic OH excluding ortho intramolecular Hbond substituents is 1. The van der Waals surface area contributed by atoms with Gasteiger partial charge in [-0.3, -0.25) is 5.32 Å². The van der Waals surface area contributed by atoms with Crippen LogP contribution in [0.25, 0.3) is 0 Å². The average molecular weight is 382 g/mol. The van der Waals surface area contributed by atoms with E-state index in [0.717, 1.165) is 24.9 Å². The molecule has 0 spiro atoms. The quantitative estimate of drug-likeness (QED) is 0.623. The van der Waals surface area contributed by atoms with Gasteiger partial charge in [-0.25, -0.2) is 4.79 Å². The maximum Gasteiger partial charge on any atom is 0.411 e. The number of anilines is 1. The van der Waals surface area contributed by atoms with Gasteiger partial charge in [0.25, 0.3) is 0 Å². The van der Waals surface area contributed by atoms with Gasteiger partial charge in [0.05, 0.1) is 6.61 Å². The van der Waals surface area contributed by atoms with Gasteiger partial charge in [-0.15, -0.1) is 0 Å². The second kappa shape index (κ2) is 9.13. The van der Waals surface area contributed by atoms with Crippen LogP contribution in [-0.4, -0.2) is 17.8 Å². The molecule has 28 heavy (non-hydrogen) atoms. The van der Waals surface area contributed by atoms with Crippen LogP contribution in [0.2, 0.25) is 0 Å². The predicted molar refractivity (Wildman–Crippen MR) is 113 cm³/mol. The van der Waals surface area contributed by atoms with Crippen molar-refractivity contribution < 1.29 is 14.6 Å². The Morgan fingerprint density at radius 3 is 2.43 bits per heavy atom. The Morgan fingerprint density at radius 1 is 1.07 bits per heavy atom. The van der Waals surface area contributed by atoms with Gasteiger partial charge in [0, 0.05) is 11.1 Å². The maximum absolute atomic E-state index is 11.9. The zero-order valence-corrected chi connectivity index (χ0v) is 16.9. The van der Waals surface area contributed by atoms with Crippen LogP contribution in [-0.2, 0) is 10.2 Å². The first-order valence-electron chi connectivity index (χ1n) is 10.3. The summed E-state index contributed by atoms with van der Waals surface area (Å²) >= 11 is 0. The Kier molecular flexibility index (Phi) is 6.61. The molecule has 0 unspecified atom stereocenters.